The Hall–Kier alpha value is -3.52. The molecule has 0 bridgehead atoms. The molecular formula is C23H21N5. The second-order valence-corrected chi connectivity index (χ2v) is 6.89. The van der Waals surface area contributed by atoms with Gasteiger partial charge in [-0.25, -0.2) is 4.98 Å². The van der Waals surface area contributed by atoms with E-state index in [-0.39, 0.29) is 0 Å². The van der Waals surface area contributed by atoms with E-state index in [1.165, 1.54) is 5.56 Å². The van der Waals surface area contributed by atoms with E-state index < -0.39 is 0 Å². The fourth-order valence-corrected chi connectivity index (χ4v) is 3.59. The SMILES string of the molecule is CCCc1nc(C)n2cnnc2c1Cc1ccc(-c2ccccc2C#N)cc1. The van der Waals surface area contributed by atoms with Gasteiger partial charge in [0.25, 0.3) is 0 Å². The first-order valence-electron chi connectivity index (χ1n) is 9.47. The molecule has 28 heavy (non-hydrogen) atoms. The summed E-state index contributed by atoms with van der Waals surface area (Å²) in [4.78, 5) is 4.79. The van der Waals surface area contributed by atoms with Crippen molar-refractivity contribution in [1.29, 1.82) is 5.26 Å². The van der Waals surface area contributed by atoms with Gasteiger partial charge in [0.2, 0.25) is 0 Å². The molecule has 0 saturated carbocycles. The molecule has 0 aliphatic rings. The Labute approximate surface area is 164 Å². The van der Waals surface area contributed by atoms with Crippen LogP contribution in [0.1, 0.15) is 41.6 Å². The van der Waals surface area contributed by atoms with Crippen molar-refractivity contribution in [3.05, 3.63) is 83.1 Å². The van der Waals surface area contributed by atoms with Gasteiger partial charge < -0.3 is 0 Å². The van der Waals surface area contributed by atoms with Gasteiger partial charge in [-0.05, 0) is 36.1 Å². The second-order valence-electron chi connectivity index (χ2n) is 6.89. The molecule has 0 N–H and O–H groups in total. The van der Waals surface area contributed by atoms with Crippen molar-refractivity contribution >= 4 is 5.65 Å². The number of benzene rings is 2. The van der Waals surface area contributed by atoms with Crippen molar-refractivity contribution < 1.29 is 0 Å². The van der Waals surface area contributed by atoms with E-state index in [4.69, 9.17) is 4.98 Å². The van der Waals surface area contributed by atoms with Gasteiger partial charge in [-0.3, -0.25) is 4.40 Å². The standard InChI is InChI=1S/C23H21N5/c1-3-6-22-21(23-27-25-15-28(23)16(2)26-22)13-17-9-11-18(12-10-17)20-8-5-4-7-19(20)14-24/h4-5,7-12,15H,3,6,13H2,1-2H3. The molecule has 2 aromatic carbocycles. The Balaban J connectivity index is 1.71. The first kappa shape index (κ1) is 17.9. The van der Waals surface area contributed by atoms with Crippen LogP contribution in [-0.4, -0.2) is 19.6 Å². The first-order valence-corrected chi connectivity index (χ1v) is 9.47. The molecule has 4 rings (SSSR count). The van der Waals surface area contributed by atoms with Gasteiger partial charge in [0.05, 0.1) is 11.6 Å². The third-order valence-electron chi connectivity index (χ3n) is 4.99. The highest BCUT2D eigenvalue weighted by atomic mass is 15.2. The zero-order valence-electron chi connectivity index (χ0n) is 16.1. The van der Waals surface area contributed by atoms with E-state index >= 15 is 0 Å². The number of hydrogen-bond donors (Lipinski definition) is 0. The van der Waals surface area contributed by atoms with Crippen molar-refractivity contribution in [3.8, 4) is 17.2 Å². The average Bonchev–Trinajstić information content (AvgIpc) is 3.22. The summed E-state index contributed by atoms with van der Waals surface area (Å²) in [7, 11) is 0. The zero-order chi connectivity index (χ0) is 19.5. The van der Waals surface area contributed by atoms with Gasteiger partial charge in [-0.2, -0.15) is 5.26 Å². The Morgan fingerprint density at radius 3 is 2.61 bits per heavy atom. The molecule has 0 aliphatic heterocycles. The molecule has 2 aromatic heterocycles. The van der Waals surface area contributed by atoms with E-state index in [9.17, 15) is 5.26 Å². The lowest BCUT2D eigenvalue weighted by Gasteiger charge is -2.12. The highest BCUT2D eigenvalue weighted by Gasteiger charge is 2.14. The minimum absolute atomic E-state index is 0.688. The van der Waals surface area contributed by atoms with Crippen LogP contribution < -0.4 is 0 Å². The van der Waals surface area contributed by atoms with Crippen LogP contribution in [0, 0.1) is 18.3 Å². The van der Waals surface area contributed by atoms with Crippen LogP contribution in [0.2, 0.25) is 0 Å². The molecule has 0 radical (unpaired) electrons. The van der Waals surface area contributed by atoms with Crippen LogP contribution in [0.3, 0.4) is 0 Å². The lowest BCUT2D eigenvalue weighted by Crippen LogP contribution is -2.07. The fraction of sp³-hybridized carbons (Fsp3) is 0.217. The van der Waals surface area contributed by atoms with Gasteiger partial charge in [-0.15, -0.1) is 10.2 Å². The molecule has 138 valence electrons. The number of aryl methyl sites for hydroxylation is 2. The van der Waals surface area contributed by atoms with Crippen LogP contribution >= 0.6 is 0 Å². The number of rotatable bonds is 5. The van der Waals surface area contributed by atoms with Gasteiger partial charge >= 0.3 is 0 Å². The molecule has 5 heteroatoms. The molecule has 0 unspecified atom stereocenters. The summed E-state index contributed by atoms with van der Waals surface area (Å²) in [5.41, 5.74) is 6.99. The second kappa shape index (κ2) is 7.61. The predicted octanol–water partition coefficient (Wildman–Crippen LogP) is 4.51. The van der Waals surface area contributed by atoms with Gasteiger partial charge in [0, 0.05) is 17.7 Å². The summed E-state index contributed by atoms with van der Waals surface area (Å²) >= 11 is 0. The maximum atomic E-state index is 9.34. The predicted molar refractivity (Wildman–Crippen MR) is 109 cm³/mol. The van der Waals surface area contributed by atoms with E-state index in [2.05, 4.69) is 47.5 Å². The fourth-order valence-electron chi connectivity index (χ4n) is 3.59. The Kier molecular flexibility index (Phi) is 4.86. The summed E-state index contributed by atoms with van der Waals surface area (Å²) in [6.07, 6.45) is 4.44. The molecule has 5 nitrogen and oxygen atoms in total. The molecule has 4 aromatic rings. The van der Waals surface area contributed by atoms with Crippen LogP contribution in [-0.2, 0) is 12.8 Å². The van der Waals surface area contributed by atoms with Gasteiger partial charge in [0.1, 0.15) is 12.2 Å². The van der Waals surface area contributed by atoms with Crippen molar-refractivity contribution in [3.63, 3.8) is 0 Å². The van der Waals surface area contributed by atoms with Crippen LogP contribution in [0.4, 0.5) is 0 Å². The third-order valence-corrected chi connectivity index (χ3v) is 4.99. The molecule has 0 amide bonds. The third kappa shape index (κ3) is 3.25. The Morgan fingerprint density at radius 2 is 1.86 bits per heavy atom. The van der Waals surface area contributed by atoms with E-state index in [1.807, 2.05) is 35.6 Å². The number of nitriles is 1. The van der Waals surface area contributed by atoms with Crippen LogP contribution in [0.5, 0.6) is 0 Å². The summed E-state index contributed by atoms with van der Waals surface area (Å²) < 4.78 is 1.95. The zero-order valence-corrected chi connectivity index (χ0v) is 16.1. The molecule has 0 fully saturated rings. The highest BCUT2D eigenvalue weighted by molar-refractivity contribution is 5.70. The summed E-state index contributed by atoms with van der Waals surface area (Å²) in [5, 5.41) is 17.8. The summed E-state index contributed by atoms with van der Waals surface area (Å²) in [6.45, 7) is 4.15. The lowest BCUT2D eigenvalue weighted by atomic mass is 9.97. The van der Waals surface area contributed by atoms with E-state index in [1.54, 1.807) is 6.33 Å². The van der Waals surface area contributed by atoms with Crippen molar-refractivity contribution in [2.24, 2.45) is 0 Å². The normalized spacial score (nSPS) is 10.9. The van der Waals surface area contributed by atoms with Gasteiger partial charge in [-0.1, -0.05) is 55.8 Å². The molecule has 0 saturated heterocycles. The molecular weight excluding hydrogens is 346 g/mol. The lowest BCUT2D eigenvalue weighted by molar-refractivity contribution is 0.826. The Morgan fingerprint density at radius 1 is 1.07 bits per heavy atom. The molecule has 0 aliphatic carbocycles. The Bertz CT molecular complexity index is 1170. The molecule has 0 spiro atoms. The van der Waals surface area contributed by atoms with Crippen molar-refractivity contribution in [1.82, 2.24) is 19.6 Å². The molecule has 2 heterocycles. The molecule has 0 atom stereocenters. The van der Waals surface area contributed by atoms with E-state index in [0.717, 1.165) is 53.1 Å². The highest BCUT2D eigenvalue weighted by Crippen LogP contribution is 2.25. The number of hydrogen-bond acceptors (Lipinski definition) is 4. The topological polar surface area (TPSA) is 66.9 Å². The minimum atomic E-state index is 0.688. The first-order chi connectivity index (χ1) is 13.7. The number of aromatic nitrogens is 4. The number of nitrogens with zero attached hydrogens (tertiary/aromatic N) is 5. The largest absolute Gasteiger partial charge is 0.269 e. The van der Waals surface area contributed by atoms with Gasteiger partial charge in [0.15, 0.2) is 5.65 Å². The smallest absolute Gasteiger partial charge is 0.167 e. The van der Waals surface area contributed by atoms with Crippen LogP contribution in [0.25, 0.3) is 16.8 Å². The summed E-state index contributed by atoms with van der Waals surface area (Å²) in [5.74, 6) is 0.913. The minimum Gasteiger partial charge on any atom is -0.269 e. The van der Waals surface area contributed by atoms with E-state index in [0.29, 0.717) is 5.56 Å². The number of fused-ring (bicyclic) bond motifs is 1. The van der Waals surface area contributed by atoms with Crippen LogP contribution in [0.15, 0.2) is 54.9 Å². The monoisotopic (exact) mass is 367 g/mol. The summed E-state index contributed by atoms with van der Waals surface area (Å²) in [6, 6.07) is 18.3. The van der Waals surface area contributed by atoms with Crippen molar-refractivity contribution in [2.45, 2.75) is 33.1 Å². The average molecular weight is 367 g/mol. The maximum Gasteiger partial charge on any atom is 0.167 e. The quantitative estimate of drug-likeness (QED) is 0.520. The maximum absolute atomic E-state index is 9.34. The van der Waals surface area contributed by atoms with Crippen molar-refractivity contribution in [2.75, 3.05) is 0 Å².